The number of aromatic nitrogens is 2. The van der Waals surface area contributed by atoms with E-state index in [9.17, 15) is 4.79 Å². The molecule has 6 heteroatoms. The highest BCUT2D eigenvalue weighted by atomic mass is 16.5. The summed E-state index contributed by atoms with van der Waals surface area (Å²) in [6, 6.07) is 5.38. The van der Waals surface area contributed by atoms with Gasteiger partial charge in [-0.25, -0.2) is 9.78 Å². The maximum atomic E-state index is 12.2. The third-order valence-electron chi connectivity index (χ3n) is 3.46. The number of carbonyl (C=O) groups is 1. The van der Waals surface area contributed by atoms with Gasteiger partial charge in [0.1, 0.15) is 17.9 Å². The van der Waals surface area contributed by atoms with Crippen molar-refractivity contribution < 1.29 is 19.0 Å². The Labute approximate surface area is 141 Å². The lowest BCUT2D eigenvalue weighted by Gasteiger charge is -2.14. The van der Waals surface area contributed by atoms with Crippen LogP contribution in [0.15, 0.2) is 24.4 Å². The quantitative estimate of drug-likeness (QED) is 0.727. The molecular formula is C18H22N2O4. The van der Waals surface area contributed by atoms with E-state index in [1.54, 1.807) is 25.4 Å². The highest BCUT2D eigenvalue weighted by Crippen LogP contribution is 2.25. The zero-order chi connectivity index (χ0) is 17.5. The summed E-state index contributed by atoms with van der Waals surface area (Å²) in [6.45, 7) is 4.20. The Balaban J connectivity index is 2.28. The number of aryl methyl sites for hydroxylation is 2. The smallest absolute Gasteiger partial charge is 0.343 e. The van der Waals surface area contributed by atoms with Crippen LogP contribution in [0, 0.1) is 6.92 Å². The minimum absolute atomic E-state index is 0.288. The number of hydrogen-bond acceptors (Lipinski definition) is 6. The molecule has 2 heterocycles. The van der Waals surface area contributed by atoms with Crippen molar-refractivity contribution >= 4 is 5.97 Å². The zero-order valence-corrected chi connectivity index (χ0v) is 14.5. The summed E-state index contributed by atoms with van der Waals surface area (Å²) in [5.74, 6) is 0.585. The Morgan fingerprint density at radius 2 is 2.04 bits per heavy atom. The fraction of sp³-hybridized carbons (Fsp3) is 0.389. The second-order valence-electron chi connectivity index (χ2n) is 5.32. The van der Waals surface area contributed by atoms with Crippen molar-refractivity contribution in [1.82, 2.24) is 9.97 Å². The summed E-state index contributed by atoms with van der Waals surface area (Å²) in [4.78, 5) is 20.8. The molecule has 6 nitrogen and oxygen atoms in total. The molecule has 2 rings (SSSR count). The number of esters is 1. The van der Waals surface area contributed by atoms with E-state index < -0.39 is 5.97 Å². The standard InChI is InChI=1S/C18H22N2O4/c1-5-6-14-17(18(21)23-4)15(9-12(2)20-14)24-11-13-7-8-16(22-3)19-10-13/h7-10H,5-6,11H2,1-4H3. The normalized spacial score (nSPS) is 10.3. The molecule has 0 N–H and O–H groups in total. The van der Waals surface area contributed by atoms with E-state index >= 15 is 0 Å². The van der Waals surface area contributed by atoms with E-state index in [0.29, 0.717) is 29.3 Å². The van der Waals surface area contributed by atoms with Crippen molar-refractivity contribution in [3.63, 3.8) is 0 Å². The average Bonchev–Trinajstić information content (AvgIpc) is 2.59. The lowest BCUT2D eigenvalue weighted by molar-refractivity contribution is 0.0593. The van der Waals surface area contributed by atoms with Gasteiger partial charge < -0.3 is 14.2 Å². The van der Waals surface area contributed by atoms with Crippen LogP contribution in [-0.4, -0.2) is 30.2 Å². The highest BCUT2D eigenvalue weighted by molar-refractivity contribution is 5.93. The van der Waals surface area contributed by atoms with Gasteiger partial charge >= 0.3 is 5.97 Å². The Hall–Kier alpha value is -2.63. The number of carbonyl (C=O) groups excluding carboxylic acids is 1. The predicted octanol–water partition coefficient (Wildman–Crippen LogP) is 3.11. The van der Waals surface area contributed by atoms with Gasteiger partial charge in [0.25, 0.3) is 0 Å². The first-order valence-electron chi connectivity index (χ1n) is 7.79. The number of methoxy groups -OCH3 is 2. The molecule has 0 aliphatic carbocycles. The second kappa shape index (κ2) is 8.29. The van der Waals surface area contributed by atoms with Gasteiger partial charge in [-0.15, -0.1) is 0 Å². The molecule has 0 bridgehead atoms. The van der Waals surface area contributed by atoms with E-state index in [1.807, 2.05) is 19.9 Å². The van der Waals surface area contributed by atoms with E-state index in [1.165, 1.54) is 7.11 Å². The lowest BCUT2D eigenvalue weighted by atomic mass is 10.1. The summed E-state index contributed by atoms with van der Waals surface area (Å²) in [6.07, 6.45) is 3.24. The van der Waals surface area contributed by atoms with Crippen LogP contribution in [0.5, 0.6) is 11.6 Å². The molecular weight excluding hydrogens is 308 g/mol. The maximum absolute atomic E-state index is 12.2. The Bertz CT molecular complexity index is 699. The third kappa shape index (κ3) is 4.22. The molecule has 0 spiro atoms. The van der Waals surface area contributed by atoms with E-state index in [2.05, 4.69) is 9.97 Å². The molecule has 0 atom stereocenters. The average molecular weight is 330 g/mol. The molecule has 2 aromatic rings. The van der Waals surface area contributed by atoms with Crippen molar-refractivity contribution in [3.8, 4) is 11.6 Å². The molecule has 0 aliphatic heterocycles. The summed E-state index contributed by atoms with van der Waals surface area (Å²) in [5, 5.41) is 0. The van der Waals surface area contributed by atoms with Crippen LogP contribution in [0.2, 0.25) is 0 Å². The van der Waals surface area contributed by atoms with E-state index in [-0.39, 0.29) is 6.61 Å². The van der Waals surface area contributed by atoms with Gasteiger partial charge in [0.15, 0.2) is 0 Å². The first kappa shape index (κ1) is 17.7. The predicted molar refractivity (Wildman–Crippen MR) is 89.4 cm³/mol. The molecule has 0 amide bonds. The van der Waals surface area contributed by atoms with Crippen molar-refractivity contribution in [1.29, 1.82) is 0 Å². The number of pyridine rings is 2. The van der Waals surface area contributed by atoms with Crippen LogP contribution < -0.4 is 9.47 Å². The van der Waals surface area contributed by atoms with E-state index in [0.717, 1.165) is 17.7 Å². The third-order valence-corrected chi connectivity index (χ3v) is 3.46. The van der Waals surface area contributed by atoms with Gasteiger partial charge in [0, 0.05) is 29.6 Å². The van der Waals surface area contributed by atoms with Gasteiger partial charge in [-0.05, 0) is 19.4 Å². The Morgan fingerprint density at radius 1 is 1.25 bits per heavy atom. The molecule has 0 aliphatic rings. The number of hydrogen-bond donors (Lipinski definition) is 0. The van der Waals surface area contributed by atoms with Crippen molar-refractivity contribution in [2.45, 2.75) is 33.3 Å². The fourth-order valence-electron chi connectivity index (χ4n) is 2.34. The summed E-state index contributed by atoms with van der Waals surface area (Å²) < 4.78 is 15.8. The topological polar surface area (TPSA) is 70.5 Å². The Morgan fingerprint density at radius 3 is 2.62 bits per heavy atom. The van der Waals surface area contributed by atoms with Gasteiger partial charge in [-0.2, -0.15) is 0 Å². The van der Waals surface area contributed by atoms with Crippen molar-refractivity contribution in [2.24, 2.45) is 0 Å². The monoisotopic (exact) mass is 330 g/mol. The van der Waals surface area contributed by atoms with Crippen LogP contribution in [-0.2, 0) is 17.8 Å². The second-order valence-corrected chi connectivity index (χ2v) is 5.32. The van der Waals surface area contributed by atoms with Crippen molar-refractivity contribution in [3.05, 3.63) is 46.9 Å². The molecule has 24 heavy (non-hydrogen) atoms. The van der Waals surface area contributed by atoms with E-state index in [4.69, 9.17) is 14.2 Å². The molecule has 0 unspecified atom stereocenters. The minimum Gasteiger partial charge on any atom is -0.488 e. The van der Waals surface area contributed by atoms with Crippen LogP contribution >= 0.6 is 0 Å². The lowest BCUT2D eigenvalue weighted by Crippen LogP contribution is -2.12. The molecule has 128 valence electrons. The van der Waals surface area contributed by atoms with Crippen LogP contribution in [0.1, 0.15) is 40.7 Å². The van der Waals surface area contributed by atoms with Crippen molar-refractivity contribution in [2.75, 3.05) is 14.2 Å². The first-order valence-corrected chi connectivity index (χ1v) is 7.79. The minimum atomic E-state index is -0.436. The summed E-state index contributed by atoms with van der Waals surface area (Å²) in [5.41, 5.74) is 2.77. The van der Waals surface area contributed by atoms with Gasteiger partial charge in [0.2, 0.25) is 5.88 Å². The summed E-state index contributed by atoms with van der Waals surface area (Å²) >= 11 is 0. The molecule has 2 aromatic heterocycles. The van der Waals surface area contributed by atoms with Crippen LogP contribution in [0.4, 0.5) is 0 Å². The van der Waals surface area contributed by atoms with Gasteiger partial charge in [0.05, 0.1) is 19.9 Å². The SMILES string of the molecule is CCCc1nc(C)cc(OCc2ccc(OC)nc2)c1C(=O)OC. The first-order chi connectivity index (χ1) is 11.6. The Kier molecular flexibility index (Phi) is 6.12. The molecule has 0 saturated heterocycles. The molecule has 0 aromatic carbocycles. The fourth-order valence-corrected chi connectivity index (χ4v) is 2.34. The largest absolute Gasteiger partial charge is 0.488 e. The van der Waals surface area contributed by atoms with Gasteiger partial charge in [-0.1, -0.05) is 13.3 Å². The summed E-state index contributed by atoms with van der Waals surface area (Å²) in [7, 11) is 2.92. The number of rotatable bonds is 7. The maximum Gasteiger partial charge on any atom is 0.343 e. The highest BCUT2D eigenvalue weighted by Gasteiger charge is 2.20. The molecule has 0 fully saturated rings. The van der Waals surface area contributed by atoms with Crippen LogP contribution in [0.3, 0.4) is 0 Å². The number of ether oxygens (including phenoxy) is 3. The van der Waals surface area contributed by atoms with Crippen LogP contribution in [0.25, 0.3) is 0 Å². The zero-order valence-electron chi connectivity index (χ0n) is 14.5. The van der Waals surface area contributed by atoms with Gasteiger partial charge in [-0.3, -0.25) is 4.98 Å². The molecule has 0 saturated carbocycles. The number of nitrogens with zero attached hydrogens (tertiary/aromatic N) is 2. The molecule has 0 radical (unpaired) electrons.